The fourth-order valence-electron chi connectivity index (χ4n) is 2.85. The highest BCUT2D eigenvalue weighted by Gasteiger charge is 2.18. The number of carbonyl (C=O) groups is 1. The van der Waals surface area contributed by atoms with Crippen molar-refractivity contribution < 1.29 is 9.53 Å². The summed E-state index contributed by atoms with van der Waals surface area (Å²) in [5, 5.41) is 1.66. The SMILES string of the molecule is Cc1cc(OCCCCCBr)c(C)c(C)c1C(=O)c1ccc(Cl)cc1. The standard InChI is InChI=1S/C21H24BrClO2/c1-14-13-19(25-12-6-4-5-11-22)15(2)16(3)20(14)21(24)17-7-9-18(23)10-8-17/h7-10,13H,4-6,11-12H2,1-3H3. The van der Waals surface area contributed by atoms with Crippen LogP contribution in [0.3, 0.4) is 0 Å². The minimum absolute atomic E-state index is 0.0265. The molecule has 0 bridgehead atoms. The Morgan fingerprint density at radius 2 is 1.72 bits per heavy atom. The third-order valence-electron chi connectivity index (χ3n) is 4.42. The van der Waals surface area contributed by atoms with Gasteiger partial charge < -0.3 is 4.74 Å². The van der Waals surface area contributed by atoms with Gasteiger partial charge in [0.2, 0.25) is 0 Å². The van der Waals surface area contributed by atoms with Crippen LogP contribution in [0.15, 0.2) is 30.3 Å². The number of rotatable bonds is 8. The number of alkyl halides is 1. The van der Waals surface area contributed by atoms with E-state index in [-0.39, 0.29) is 5.78 Å². The van der Waals surface area contributed by atoms with E-state index in [9.17, 15) is 4.79 Å². The molecule has 0 aliphatic rings. The highest BCUT2D eigenvalue weighted by atomic mass is 79.9. The second kappa shape index (κ2) is 9.40. The van der Waals surface area contributed by atoms with E-state index in [2.05, 4.69) is 15.9 Å². The van der Waals surface area contributed by atoms with Crippen molar-refractivity contribution in [3.8, 4) is 5.75 Å². The van der Waals surface area contributed by atoms with Crippen molar-refractivity contribution in [2.45, 2.75) is 40.0 Å². The molecule has 2 rings (SSSR count). The van der Waals surface area contributed by atoms with Crippen molar-refractivity contribution in [1.29, 1.82) is 0 Å². The Labute approximate surface area is 163 Å². The lowest BCUT2D eigenvalue weighted by molar-refractivity contribution is 0.103. The smallest absolute Gasteiger partial charge is 0.193 e. The van der Waals surface area contributed by atoms with Crippen molar-refractivity contribution in [3.05, 3.63) is 63.2 Å². The summed E-state index contributed by atoms with van der Waals surface area (Å²) in [6.07, 6.45) is 3.35. The molecular formula is C21H24BrClO2. The minimum Gasteiger partial charge on any atom is -0.493 e. The number of aryl methyl sites for hydroxylation is 1. The zero-order chi connectivity index (χ0) is 18.4. The number of benzene rings is 2. The molecule has 0 atom stereocenters. The maximum absolute atomic E-state index is 12.9. The highest BCUT2D eigenvalue weighted by Crippen LogP contribution is 2.29. The van der Waals surface area contributed by atoms with Crippen molar-refractivity contribution in [3.63, 3.8) is 0 Å². The van der Waals surface area contributed by atoms with Gasteiger partial charge in [0.1, 0.15) is 5.75 Å². The number of ether oxygens (including phenoxy) is 1. The Bertz CT molecular complexity index is 739. The summed E-state index contributed by atoms with van der Waals surface area (Å²) in [5.74, 6) is 0.903. The van der Waals surface area contributed by atoms with Crippen LogP contribution < -0.4 is 4.74 Å². The van der Waals surface area contributed by atoms with Gasteiger partial charge in [0.25, 0.3) is 0 Å². The van der Waals surface area contributed by atoms with Gasteiger partial charge in [0, 0.05) is 21.5 Å². The quantitative estimate of drug-likeness (QED) is 0.277. The lowest BCUT2D eigenvalue weighted by Gasteiger charge is -2.17. The van der Waals surface area contributed by atoms with E-state index in [0.29, 0.717) is 17.2 Å². The molecule has 0 unspecified atom stereocenters. The molecule has 0 N–H and O–H groups in total. The summed E-state index contributed by atoms with van der Waals surface area (Å²) >= 11 is 9.36. The average molecular weight is 424 g/mol. The predicted octanol–water partition coefficient (Wildman–Crippen LogP) is 6.44. The van der Waals surface area contributed by atoms with Crippen LogP contribution in [0.2, 0.25) is 5.02 Å². The Morgan fingerprint density at radius 3 is 2.36 bits per heavy atom. The van der Waals surface area contributed by atoms with Crippen LogP contribution in [-0.2, 0) is 0 Å². The molecule has 134 valence electrons. The van der Waals surface area contributed by atoms with E-state index >= 15 is 0 Å². The van der Waals surface area contributed by atoms with Crippen molar-refractivity contribution in [2.24, 2.45) is 0 Å². The van der Waals surface area contributed by atoms with E-state index in [1.807, 2.05) is 26.8 Å². The Balaban J connectivity index is 2.22. The first-order valence-corrected chi connectivity index (χ1v) is 10.1. The molecule has 0 spiro atoms. The van der Waals surface area contributed by atoms with E-state index < -0.39 is 0 Å². The molecule has 0 saturated carbocycles. The van der Waals surface area contributed by atoms with Crippen LogP contribution >= 0.6 is 27.5 Å². The molecule has 0 fully saturated rings. The Kier molecular flexibility index (Phi) is 7.52. The zero-order valence-electron chi connectivity index (χ0n) is 15.0. The molecule has 2 aromatic rings. The molecule has 0 amide bonds. The molecule has 0 aliphatic heterocycles. The first-order valence-electron chi connectivity index (χ1n) is 8.55. The lowest BCUT2D eigenvalue weighted by atomic mass is 9.91. The molecule has 0 aromatic heterocycles. The van der Waals surface area contributed by atoms with E-state index in [0.717, 1.165) is 52.6 Å². The third-order valence-corrected chi connectivity index (χ3v) is 5.23. The normalized spacial score (nSPS) is 10.8. The van der Waals surface area contributed by atoms with E-state index in [1.165, 1.54) is 0 Å². The van der Waals surface area contributed by atoms with Gasteiger partial charge in [-0.2, -0.15) is 0 Å². The topological polar surface area (TPSA) is 26.3 Å². The van der Waals surface area contributed by atoms with Crippen molar-refractivity contribution in [2.75, 3.05) is 11.9 Å². The number of ketones is 1. The number of halogens is 2. The van der Waals surface area contributed by atoms with Crippen LogP contribution in [0.4, 0.5) is 0 Å². The maximum Gasteiger partial charge on any atom is 0.193 e. The summed E-state index contributed by atoms with van der Waals surface area (Å²) in [7, 11) is 0. The molecule has 0 heterocycles. The molecule has 0 radical (unpaired) electrons. The van der Waals surface area contributed by atoms with Gasteiger partial charge in [-0.3, -0.25) is 4.79 Å². The van der Waals surface area contributed by atoms with Crippen LogP contribution in [0.5, 0.6) is 5.75 Å². The summed E-state index contributed by atoms with van der Waals surface area (Å²) in [6, 6.07) is 9.02. The van der Waals surface area contributed by atoms with Gasteiger partial charge in [0.05, 0.1) is 6.61 Å². The van der Waals surface area contributed by atoms with Crippen LogP contribution in [-0.4, -0.2) is 17.7 Å². The molecular weight excluding hydrogens is 400 g/mol. The average Bonchev–Trinajstić information content (AvgIpc) is 2.59. The zero-order valence-corrected chi connectivity index (χ0v) is 17.3. The van der Waals surface area contributed by atoms with Crippen LogP contribution in [0.1, 0.15) is 51.9 Å². The third kappa shape index (κ3) is 5.08. The van der Waals surface area contributed by atoms with Gasteiger partial charge in [-0.05, 0) is 87.1 Å². The first kappa shape index (κ1) is 20.0. The molecule has 25 heavy (non-hydrogen) atoms. The van der Waals surface area contributed by atoms with E-state index in [4.69, 9.17) is 16.3 Å². The van der Waals surface area contributed by atoms with Gasteiger partial charge in [-0.15, -0.1) is 0 Å². The minimum atomic E-state index is 0.0265. The number of hydrogen-bond acceptors (Lipinski definition) is 2. The maximum atomic E-state index is 12.9. The summed E-state index contributed by atoms with van der Waals surface area (Å²) in [4.78, 5) is 12.9. The summed E-state index contributed by atoms with van der Waals surface area (Å²) in [5.41, 5.74) is 4.36. The molecule has 2 aromatic carbocycles. The highest BCUT2D eigenvalue weighted by molar-refractivity contribution is 9.09. The van der Waals surface area contributed by atoms with Crippen molar-refractivity contribution in [1.82, 2.24) is 0 Å². The molecule has 2 nitrogen and oxygen atoms in total. The van der Waals surface area contributed by atoms with Gasteiger partial charge >= 0.3 is 0 Å². The largest absolute Gasteiger partial charge is 0.493 e. The van der Waals surface area contributed by atoms with Crippen molar-refractivity contribution >= 4 is 33.3 Å². The number of carbonyl (C=O) groups excluding carboxylic acids is 1. The fraction of sp³-hybridized carbons (Fsp3) is 0.381. The van der Waals surface area contributed by atoms with E-state index in [1.54, 1.807) is 24.3 Å². The Morgan fingerprint density at radius 1 is 1.04 bits per heavy atom. The van der Waals surface area contributed by atoms with Crippen LogP contribution in [0.25, 0.3) is 0 Å². The summed E-state index contributed by atoms with van der Waals surface area (Å²) in [6.45, 7) is 6.68. The molecule has 0 aliphatic carbocycles. The number of hydrogen-bond donors (Lipinski definition) is 0. The van der Waals surface area contributed by atoms with Crippen LogP contribution in [0, 0.1) is 20.8 Å². The summed E-state index contributed by atoms with van der Waals surface area (Å²) < 4.78 is 5.96. The lowest BCUT2D eigenvalue weighted by Crippen LogP contribution is -2.09. The number of unbranched alkanes of at least 4 members (excludes halogenated alkanes) is 2. The molecule has 0 saturated heterocycles. The predicted molar refractivity (Wildman–Crippen MR) is 109 cm³/mol. The fourth-order valence-corrected chi connectivity index (χ4v) is 3.37. The second-order valence-electron chi connectivity index (χ2n) is 6.25. The van der Waals surface area contributed by atoms with Gasteiger partial charge in [0.15, 0.2) is 5.78 Å². The monoisotopic (exact) mass is 422 g/mol. The second-order valence-corrected chi connectivity index (χ2v) is 7.48. The van der Waals surface area contributed by atoms with Gasteiger partial charge in [-0.25, -0.2) is 0 Å². The first-order chi connectivity index (χ1) is 12.0. The molecule has 4 heteroatoms. The van der Waals surface area contributed by atoms with Gasteiger partial charge in [-0.1, -0.05) is 27.5 Å². The Hall–Kier alpha value is -1.32.